The lowest BCUT2D eigenvalue weighted by Gasteiger charge is -2.11. The first-order chi connectivity index (χ1) is 12.7. The topological polar surface area (TPSA) is 52.3 Å². The maximum atomic E-state index is 11.7. The Balaban J connectivity index is 1.85. The van der Waals surface area contributed by atoms with Gasteiger partial charge in [0.1, 0.15) is 0 Å². The highest BCUT2D eigenvalue weighted by Gasteiger charge is 2.09. The molecular formula is C22H21NO2S. The van der Waals surface area contributed by atoms with Crippen molar-refractivity contribution in [2.75, 3.05) is 12.3 Å². The molecule has 0 aromatic heterocycles. The van der Waals surface area contributed by atoms with Crippen LogP contribution in [0.1, 0.15) is 12.5 Å². The molecule has 0 radical (unpaired) electrons. The maximum absolute atomic E-state index is 11.7. The Bertz CT molecular complexity index is 908. The minimum absolute atomic E-state index is 0.199. The van der Waals surface area contributed by atoms with Gasteiger partial charge in [0.25, 0.3) is 0 Å². The minimum Gasteiger partial charge on any atom is -0.466 e. The summed E-state index contributed by atoms with van der Waals surface area (Å²) < 4.78 is 5.03. The number of anilines is 1. The molecule has 26 heavy (non-hydrogen) atoms. The smallest absolute Gasteiger partial charge is 0.310 e. The van der Waals surface area contributed by atoms with E-state index in [1.54, 1.807) is 11.8 Å². The molecular weight excluding hydrogens is 342 g/mol. The fourth-order valence-corrected chi connectivity index (χ4v) is 3.78. The molecule has 0 saturated carbocycles. The number of nitrogen functional groups attached to an aromatic ring is 1. The van der Waals surface area contributed by atoms with Crippen LogP contribution in [0, 0.1) is 0 Å². The monoisotopic (exact) mass is 363 g/mol. The Morgan fingerprint density at radius 2 is 1.81 bits per heavy atom. The van der Waals surface area contributed by atoms with Crippen LogP contribution >= 0.6 is 11.8 Å². The lowest BCUT2D eigenvalue weighted by Crippen LogP contribution is -2.07. The quantitative estimate of drug-likeness (QED) is 0.483. The highest BCUT2D eigenvalue weighted by Crippen LogP contribution is 2.36. The number of carbonyl (C=O) groups is 1. The predicted molar refractivity (Wildman–Crippen MR) is 107 cm³/mol. The summed E-state index contributed by atoms with van der Waals surface area (Å²) in [5.74, 6) is -0.199. The zero-order valence-corrected chi connectivity index (χ0v) is 15.5. The molecule has 0 bridgehead atoms. The van der Waals surface area contributed by atoms with E-state index in [2.05, 4.69) is 24.3 Å². The van der Waals surface area contributed by atoms with Gasteiger partial charge in [-0.05, 0) is 53.9 Å². The Labute approximate surface area is 158 Å². The van der Waals surface area contributed by atoms with Gasteiger partial charge in [-0.2, -0.15) is 0 Å². The molecule has 4 heteroatoms. The average molecular weight is 363 g/mol. The van der Waals surface area contributed by atoms with Gasteiger partial charge in [0.15, 0.2) is 0 Å². The van der Waals surface area contributed by atoms with Gasteiger partial charge in [-0.3, -0.25) is 4.79 Å². The van der Waals surface area contributed by atoms with Crippen molar-refractivity contribution in [1.29, 1.82) is 0 Å². The number of hydrogen-bond acceptors (Lipinski definition) is 4. The molecule has 0 aliphatic carbocycles. The van der Waals surface area contributed by atoms with Crippen LogP contribution in [0.2, 0.25) is 0 Å². The highest BCUT2D eigenvalue weighted by atomic mass is 32.2. The molecule has 0 aliphatic heterocycles. The van der Waals surface area contributed by atoms with Crippen molar-refractivity contribution in [2.45, 2.75) is 23.1 Å². The molecule has 0 saturated heterocycles. The van der Waals surface area contributed by atoms with E-state index in [-0.39, 0.29) is 5.97 Å². The first-order valence-electron chi connectivity index (χ1n) is 8.53. The Morgan fingerprint density at radius 1 is 1.00 bits per heavy atom. The second kappa shape index (κ2) is 8.59. The van der Waals surface area contributed by atoms with Crippen LogP contribution in [-0.2, 0) is 16.0 Å². The van der Waals surface area contributed by atoms with Crippen LogP contribution in [0.3, 0.4) is 0 Å². The summed E-state index contributed by atoms with van der Waals surface area (Å²) >= 11 is 1.68. The molecule has 0 heterocycles. The standard InChI is InChI=1S/C22H21NO2S/c1-2-25-22(24)14-16-7-5-10-19(13-16)26-21-12-4-3-11-20(21)17-8-6-9-18(23)15-17/h3-13,15H,2,14,23H2,1H3. The number of hydrogen-bond donors (Lipinski definition) is 1. The zero-order valence-electron chi connectivity index (χ0n) is 14.6. The molecule has 0 atom stereocenters. The molecule has 0 amide bonds. The summed E-state index contributed by atoms with van der Waals surface area (Å²) in [6, 6.07) is 24.2. The van der Waals surface area contributed by atoms with Crippen LogP contribution in [0.25, 0.3) is 11.1 Å². The minimum atomic E-state index is -0.199. The van der Waals surface area contributed by atoms with Gasteiger partial charge in [0, 0.05) is 15.5 Å². The van der Waals surface area contributed by atoms with E-state index >= 15 is 0 Å². The first kappa shape index (κ1) is 18.1. The molecule has 3 aromatic rings. The van der Waals surface area contributed by atoms with Crippen molar-refractivity contribution >= 4 is 23.4 Å². The molecule has 0 fully saturated rings. The van der Waals surface area contributed by atoms with Gasteiger partial charge in [-0.1, -0.05) is 54.2 Å². The van der Waals surface area contributed by atoms with Gasteiger partial charge in [-0.25, -0.2) is 0 Å². The number of benzene rings is 3. The average Bonchev–Trinajstić information content (AvgIpc) is 2.63. The summed E-state index contributed by atoms with van der Waals surface area (Å²) in [4.78, 5) is 13.9. The van der Waals surface area contributed by atoms with E-state index in [1.807, 2.05) is 55.5 Å². The number of ether oxygens (including phenoxy) is 1. The molecule has 132 valence electrons. The summed E-state index contributed by atoms with van der Waals surface area (Å²) in [7, 11) is 0. The molecule has 0 unspecified atom stereocenters. The summed E-state index contributed by atoms with van der Waals surface area (Å²) in [5, 5.41) is 0. The highest BCUT2D eigenvalue weighted by molar-refractivity contribution is 7.99. The molecule has 3 rings (SSSR count). The lowest BCUT2D eigenvalue weighted by molar-refractivity contribution is -0.142. The van der Waals surface area contributed by atoms with Crippen LogP contribution < -0.4 is 5.73 Å². The van der Waals surface area contributed by atoms with Crippen molar-refractivity contribution in [1.82, 2.24) is 0 Å². The fourth-order valence-electron chi connectivity index (χ4n) is 2.72. The van der Waals surface area contributed by atoms with Crippen LogP contribution in [0.15, 0.2) is 82.6 Å². The van der Waals surface area contributed by atoms with Gasteiger partial charge >= 0.3 is 5.97 Å². The number of esters is 1. The third-order valence-electron chi connectivity index (χ3n) is 3.86. The van der Waals surface area contributed by atoms with E-state index in [0.29, 0.717) is 13.0 Å². The first-order valence-corrected chi connectivity index (χ1v) is 9.34. The van der Waals surface area contributed by atoms with Crippen molar-refractivity contribution in [3.63, 3.8) is 0 Å². The summed E-state index contributed by atoms with van der Waals surface area (Å²) in [5.41, 5.74) is 9.87. The van der Waals surface area contributed by atoms with Crippen molar-refractivity contribution in [3.05, 3.63) is 78.4 Å². The number of nitrogens with two attached hydrogens (primary N) is 1. The molecule has 3 aromatic carbocycles. The molecule has 0 spiro atoms. The SMILES string of the molecule is CCOC(=O)Cc1cccc(Sc2ccccc2-c2cccc(N)c2)c1. The van der Waals surface area contributed by atoms with Gasteiger partial charge in [-0.15, -0.1) is 0 Å². The fraction of sp³-hybridized carbons (Fsp3) is 0.136. The Morgan fingerprint density at radius 3 is 2.62 bits per heavy atom. The van der Waals surface area contributed by atoms with E-state index in [0.717, 1.165) is 32.2 Å². The predicted octanol–water partition coefficient (Wildman–Crippen LogP) is 5.19. The second-order valence-corrected chi connectivity index (χ2v) is 6.97. The molecule has 2 N–H and O–H groups in total. The van der Waals surface area contributed by atoms with Crippen molar-refractivity contribution < 1.29 is 9.53 Å². The maximum Gasteiger partial charge on any atom is 0.310 e. The van der Waals surface area contributed by atoms with Gasteiger partial charge in [0.05, 0.1) is 13.0 Å². The van der Waals surface area contributed by atoms with Crippen molar-refractivity contribution in [3.8, 4) is 11.1 Å². The van der Waals surface area contributed by atoms with Crippen molar-refractivity contribution in [2.24, 2.45) is 0 Å². The largest absolute Gasteiger partial charge is 0.466 e. The number of rotatable bonds is 6. The van der Waals surface area contributed by atoms with Crippen LogP contribution in [-0.4, -0.2) is 12.6 Å². The van der Waals surface area contributed by atoms with E-state index in [9.17, 15) is 4.79 Å². The Kier molecular flexibility index (Phi) is 5.97. The summed E-state index contributed by atoms with van der Waals surface area (Å²) in [6.45, 7) is 2.22. The van der Waals surface area contributed by atoms with Crippen LogP contribution in [0.5, 0.6) is 0 Å². The Hall–Kier alpha value is -2.72. The molecule has 0 aliphatic rings. The third kappa shape index (κ3) is 4.67. The van der Waals surface area contributed by atoms with Gasteiger partial charge in [0.2, 0.25) is 0 Å². The van der Waals surface area contributed by atoms with E-state index < -0.39 is 0 Å². The van der Waals surface area contributed by atoms with E-state index in [4.69, 9.17) is 10.5 Å². The van der Waals surface area contributed by atoms with E-state index in [1.165, 1.54) is 0 Å². The second-order valence-electron chi connectivity index (χ2n) is 5.85. The summed E-state index contributed by atoms with van der Waals surface area (Å²) in [6.07, 6.45) is 0.291. The third-order valence-corrected chi connectivity index (χ3v) is 4.93. The molecule has 3 nitrogen and oxygen atoms in total. The normalized spacial score (nSPS) is 10.5. The lowest BCUT2D eigenvalue weighted by atomic mass is 10.1. The van der Waals surface area contributed by atoms with Gasteiger partial charge < -0.3 is 10.5 Å². The van der Waals surface area contributed by atoms with Crippen LogP contribution in [0.4, 0.5) is 5.69 Å². The zero-order chi connectivity index (χ0) is 18.4. The number of carbonyl (C=O) groups excluding carboxylic acids is 1.